The summed E-state index contributed by atoms with van der Waals surface area (Å²) in [6.07, 6.45) is 1.05. The Morgan fingerprint density at radius 1 is 1.05 bits per heavy atom. The molecule has 0 spiro atoms. The number of fused-ring (bicyclic) bond motifs is 1. The average molecular weight is 268 g/mol. The van der Waals surface area contributed by atoms with Crippen LogP contribution in [0.2, 0.25) is 0 Å². The molecular formula is C18H20O2. The molecule has 0 saturated carbocycles. The molecule has 1 unspecified atom stereocenters. The molecule has 0 fully saturated rings. The van der Waals surface area contributed by atoms with E-state index < -0.39 is 0 Å². The first-order valence-electron chi connectivity index (χ1n) is 7.08. The van der Waals surface area contributed by atoms with Crippen LogP contribution < -0.4 is 9.47 Å². The Kier molecular flexibility index (Phi) is 3.39. The lowest BCUT2D eigenvalue weighted by atomic mass is 10.1. The van der Waals surface area contributed by atoms with Gasteiger partial charge in [0.15, 0.2) is 0 Å². The Morgan fingerprint density at radius 2 is 1.80 bits per heavy atom. The lowest BCUT2D eigenvalue weighted by Gasteiger charge is -2.14. The molecule has 1 aliphatic rings. The molecule has 2 heteroatoms. The average Bonchev–Trinajstić information content (AvgIpc) is 2.79. The molecule has 2 aromatic rings. The Hall–Kier alpha value is -1.96. The van der Waals surface area contributed by atoms with Gasteiger partial charge in [-0.05, 0) is 44.0 Å². The van der Waals surface area contributed by atoms with Gasteiger partial charge < -0.3 is 9.47 Å². The number of aryl methyl sites for hydroxylation is 3. The van der Waals surface area contributed by atoms with Crippen LogP contribution in [-0.4, -0.2) is 12.7 Å². The third kappa shape index (κ3) is 2.64. The zero-order valence-corrected chi connectivity index (χ0v) is 12.3. The van der Waals surface area contributed by atoms with Crippen LogP contribution in [0.15, 0.2) is 36.4 Å². The Morgan fingerprint density at radius 3 is 2.60 bits per heavy atom. The summed E-state index contributed by atoms with van der Waals surface area (Å²) < 4.78 is 11.8. The van der Waals surface area contributed by atoms with Gasteiger partial charge in [0.05, 0.1) is 0 Å². The normalized spacial score (nSPS) is 16.6. The van der Waals surface area contributed by atoms with E-state index in [0.29, 0.717) is 6.61 Å². The van der Waals surface area contributed by atoms with Gasteiger partial charge in [-0.3, -0.25) is 0 Å². The molecule has 0 aromatic heterocycles. The molecule has 0 bridgehead atoms. The third-order valence-electron chi connectivity index (χ3n) is 3.71. The first kappa shape index (κ1) is 13.0. The highest BCUT2D eigenvalue weighted by atomic mass is 16.5. The first-order valence-corrected chi connectivity index (χ1v) is 7.08. The van der Waals surface area contributed by atoms with Crippen LogP contribution >= 0.6 is 0 Å². The fraction of sp³-hybridized carbons (Fsp3) is 0.333. The second-order valence-electron chi connectivity index (χ2n) is 5.64. The van der Waals surface area contributed by atoms with Gasteiger partial charge in [-0.2, -0.15) is 0 Å². The standard InChI is InChI=1S/C18H20O2/c1-12-4-6-17(14(3)8-12)19-11-16-10-15-9-13(2)5-7-18(15)20-16/h4-9,16H,10-11H2,1-3H3. The largest absolute Gasteiger partial charge is 0.489 e. The van der Waals surface area contributed by atoms with Crippen molar-refractivity contribution in [2.24, 2.45) is 0 Å². The molecular weight excluding hydrogens is 248 g/mol. The van der Waals surface area contributed by atoms with Crippen molar-refractivity contribution in [2.45, 2.75) is 33.3 Å². The summed E-state index contributed by atoms with van der Waals surface area (Å²) in [5.41, 5.74) is 5.01. The maximum atomic E-state index is 5.92. The fourth-order valence-corrected chi connectivity index (χ4v) is 2.69. The topological polar surface area (TPSA) is 18.5 Å². The van der Waals surface area contributed by atoms with Gasteiger partial charge in [0.1, 0.15) is 24.2 Å². The molecule has 0 N–H and O–H groups in total. The number of hydrogen-bond acceptors (Lipinski definition) is 2. The van der Waals surface area contributed by atoms with E-state index in [0.717, 1.165) is 17.9 Å². The second-order valence-corrected chi connectivity index (χ2v) is 5.64. The smallest absolute Gasteiger partial charge is 0.137 e. The highest BCUT2D eigenvalue weighted by Crippen LogP contribution is 2.30. The van der Waals surface area contributed by atoms with Crippen molar-refractivity contribution in [3.05, 3.63) is 58.7 Å². The van der Waals surface area contributed by atoms with E-state index in [2.05, 4.69) is 51.1 Å². The van der Waals surface area contributed by atoms with Gasteiger partial charge in [0, 0.05) is 6.42 Å². The molecule has 1 aliphatic heterocycles. The molecule has 0 radical (unpaired) electrons. The summed E-state index contributed by atoms with van der Waals surface area (Å²) in [7, 11) is 0. The zero-order valence-electron chi connectivity index (χ0n) is 12.3. The highest BCUT2D eigenvalue weighted by Gasteiger charge is 2.23. The second kappa shape index (κ2) is 5.20. The maximum Gasteiger partial charge on any atom is 0.137 e. The summed E-state index contributed by atoms with van der Waals surface area (Å²) in [6.45, 7) is 6.88. The predicted molar refractivity (Wildman–Crippen MR) is 80.7 cm³/mol. The van der Waals surface area contributed by atoms with Crippen LogP contribution in [0.25, 0.3) is 0 Å². The highest BCUT2D eigenvalue weighted by molar-refractivity contribution is 5.40. The van der Waals surface area contributed by atoms with Gasteiger partial charge in [-0.15, -0.1) is 0 Å². The van der Waals surface area contributed by atoms with E-state index in [1.54, 1.807) is 0 Å². The van der Waals surface area contributed by atoms with E-state index in [4.69, 9.17) is 9.47 Å². The van der Waals surface area contributed by atoms with E-state index in [-0.39, 0.29) is 6.10 Å². The lowest BCUT2D eigenvalue weighted by Crippen LogP contribution is -2.22. The van der Waals surface area contributed by atoms with Crippen LogP contribution in [0.4, 0.5) is 0 Å². The Balaban J connectivity index is 1.63. The van der Waals surface area contributed by atoms with E-state index in [9.17, 15) is 0 Å². The van der Waals surface area contributed by atoms with Crippen LogP contribution in [0, 0.1) is 20.8 Å². The molecule has 20 heavy (non-hydrogen) atoms. The quantitative estimate of drug-likeness (QED) is 0.838. The summed E-state index contributed by atoms with van der Waals surface area (Å²) >= 11 is 0. The molecule has 3 rings (SSSR count). The van der Waals surface area contributed by atoms with Crippen molar-refractivity contribution < 1.29 is 9.47 Å². The van der Waals surface area contributed by atoms with E-state index >= 15 is 0 Å². The number of benzene rings is 2. The molecule has 0 aliphatic carbocycles. The molecule has 2 nitrogen and oxygen atoms in total. The van der Waals surface area contributed by atoms with E-state index in [1.807, 2.05) is 6.07 Å². The van der Waals surface area contributed by atoms with Gasteiger partial charge in [0.2, 0.25) is 0 Å². The minimum Gasteiger partial charge on any atom is -0.489 e. The Labute approximate surface area is 120 Å². The van der Waals surface area contributed by atoms with Crippen molar-refractivity contribution >= 4 is 0 Å². The van der Waals surface area contributed by atoms with Crippen LogP contribution in [0.5, 0.6) is 11.5 Å². The fourth-order valence-electron chi connectivity index (χ4n) is 2.69. The van der Waals surface area contributed by atoms with Crippen molar-refractivity contribution in [3.63, 3.8) is 0 Å². The van der Waals surface area contributed by atoms with Crippen molar-refractivity contribution in [1.29, 1.82) is 0 Å². The number of hydrogen-bond donors (Lipinski definition) is 0. The zero-order chi connectivity index (χ0) is 14.1. The molecule has 2 aromatic carbocycles. The first-order chi connectivity index (χ1) is 9.61. The minimum absolute atomic E-state index is 0.118. The summed E-state index contributed by atoms with van der Waals surface area (Å²) in [5.74, 6) is 1.95. The summed E-state index contributed by atoms with van der Waals surface area (Å²) in [5, 5.41) is 0. The van der Waals surface area contributed by atoms with Crippen molar-refractivity contribution in [2.75, 3.05) is 6.61 Å². The Bertz CT molecular complexity index is 631. The SMILES string of the molecule is Cc1ccc(OCC2Cc3cc(C)ccc3O2)c(C)c1. The number of ether oxygens (including phenoxy) is 2. The molecule has 1 heterocycles. The third-order valence-corrected chi connectivity index (χ3v) is 3.71. The predicted octanol–water partition coefficient (Wildman–Crippen LogP) is 3.99. The minimum atomic E-state index is 0.118. The van der Waals surface area contributed by atoms with Gasteiger partial charge >= 0.3 is 0 Å². The van der Waals surface area contributed by atoms with Crippen molar-refractivity contribution in [1.82, 2.24) is 0 Å². The molecule has 1 atom stereocenters. The lowest BCUT2D eigenvalue weighted by molar-refractivity contribution is 0.148. The van der Waals surface area contributed by atoms with Gasteiger partial charge in [-0.1, -0.05) is 35.4 Å². The molecule has 104 valence electrons. The molecule has 0 saturated heterocycles. The van der Waals surface area contributed by atoms with Gasteiger partial charge in [0.25, 0.3) is 0 Å². The van der Waals surface area contributed by atoms with Crippen LogP contribution in [-0.2, 0) is 6.42 Å². The monoisotopic (exact) mass is 268 g/mol. The maximum absolute atomic E-state index is 5.92. The summed E-state index contributed by atoms with van der Waals surface area (Å²) in [4.78, 5) is 0. The summed E-state index contributed by atoms with van der Waals surface area (Å²) in [6, 6.07) is 12.6. The van der Waals surface area contributed by atoms with E-state index in [1.165, 1.54) is 22.3 Å². The van der Waals surface area contributed by atoms with Gasteiger partial charge in [-0.25, -0.2) is 0 Å². The van der Waals surface area contributed by atoms with Crippen LogP contribution in [0.1, 0.15) is 22.3 Å². The molecule has 0 amide bonds. The van der Waals surface area contributed by atoms with Crippen LogP contribution in [0.3, 0.4) is 0 Å². The van der Waals surface area contributed by atoms with Crippen molar-refractivity contribution in [3.8, 4) is 11.5 Å². The number of rotatable bonds is 3.